The minimum atomic E-state index is -0.370. The van der Waals surface area contributed by atoms with Crippen LogP contribution >= 0.6 is 0 Å². The van der Waals surface area contributed by atoms with Gasteiger partial charge in [0.2, 0.25) is 5.91 Å². The molecule has 4 heteroatoms. The van der Waals surface area contributed by atoms with Crippen molar-refractivity contribution >= 4 is 5.91 Å². The lowest BCUT2D eigenvalue weighted by Crippen LogP contribution is -2.34. The molecule has 1 aliphatic rings. The second kappa shape index (κ2) is 5.51. The maximum absolute atomic E-state index is 11.8. The van der Waals surface area contributed by atoms with Crippen molar-refractivity contribution in [3.63, 3.8) is 0 Å². The molecule has 0 aromatic heterocycles. The molecule has 0 saturated heterocycles. The number of ether oxygens (including phenoxy) is 2. The van der Waals surface area contributed by atoms with Crippen molar-refractivity contribution < 1.29 is 14.3 Å². The second-order valence-corrected chi connectivity index (χ2v) is 5.76. The molecule has 4 nitrogen and oxygen atoms in total. The first-order valence-corrected chi connectivity index (χ1v) is 6.63. The largest absolute Gasteiger partial charge is 0.490 e. The Balaban J connectivity index is 2.02. The minimum absolute atomic E-state index is 0.0413. The van der Waals surface area contributed by atoms with Crippen LogP contribution in [0, 0.1) is 5.41 Å². The molecule has 0 unspecified atom stereocenters. The molecule has 1 aliphatic heterocycles. The number of carbonyl (C=O) groups is 1. The first kappa shape index (κ1) is 13.7. The van der Waals surface area contributed by atoms with Crippen molar-refractivity contribution in [3.05, 3.63) is 23.8 Å². The molecular weight excluding hydrogens is 242 g/mol. The van der Waals surface area contributed by atoms with Crippen LogP contribution in [0.2, 0.25) is 0 Å². The van der Waals surface area contributed by atoms with E-state index >= 15 is 0 Å². The van der Waals surface area contributed by atoms with E-state index in [1.807, 2.05) is 39.0 Å². The molecule has 0 atom stereocenters. The van der Waals surface area contributed by atoms with Crippen molar-refractivity contribution in [2.24, 2.45) is 5.41 Å². The molecule has 19 heavy (non-hydrogen) atoms. The molecule has 0 radical (unpaired) electrons. The highest BCUT2D eigenvalue weighted by Crippen LogP contribution is 2.30. The molecule has 2 rings (SSSR count). The predicted molar refractivity (Wildman–Crippen MR) is 73.4 cm³/mol. The fourth-order valence-corrected chi connectivity index (χ4v) is 1.77. The lowest BCUT2D eigenvalue weighted by molar-refractivity contribution is -0.128. The molecular formula is C15H21NO3. The van der Waals surface area contributed by atoms with Crippen LogP contribution in [0.1, 0.15) is 32.8 Å². The van der Waals surface area contributed by atoms with E-state index in [1.165, 1.54) is 0 Å². The van der Waals surface area contributed by atoms with Gasteiger partial charge in [-0.1, -0.05) is 26.8 Å². The summed E-state index contributed by atoms with van der Waals surface area (Å²) in [7, 11) is 0. The number of nitrogens with one attached hydrogen (secondary N) is 1. The van der Waals surface area contributed by atoms with Crippen molar-refractivity contribution in [1.82, 2.24) is 5.32 Å². The zero-order valence-electron chi connectivity index (χ0n) is 11.8. The molecule has 1 N–H and O–H groups in total. The van der Waals surface area contributed by atoms with Crippen LogP contribution in [0.25, 0.3) is 0 Å². The molecule has 0 saturated carbocycles. The second-order valence-electron chi connectivity index (χ2n) is 5.76. The molecule has 0 aliphatic carbocycles. The van der Waals surface area contributed by atoms with E-state index in [0.717, 1.165) is 23.5 Å². The Labute approximate surface area is 114 Å². The summed E-state index contributed by atoms with van der Waals surface area (Å²) in [4.78, 5) is 11.8. The first-order valence-electron chi connectivity index (χ1n) is 6.63. The number of fused-ring (bicyclic) bond motifs is 1. The monoisotopic (exact) mass is 263 g/mol. The van der Waals surface area contributed by atoms with Gasteiger partial charge in [0, 0.05) is 18.4 Å². The minimum Gasteiger partial charge on any atom is -0.490 e. The van der Waals surface area contributed by atoms with E-state index in [2.05, 4.69) is 5.32 Å². The highest BCUT2D eigenvalue weighted by atomic mass is 16.5. The molecule has 1 amide bonds. The first-order chi connectivity index (χ1) is 8.97. The highest BCUT2D eigenvalue weighted by molar-refractivity contribution is 5.81. The predicted octanol–water partition coefficient (Wildman–Crippen LogP) is 2.51. The van der Waals surface area contributed by atoms with Gasteiger partial charge in [-0.2, -0.15) is 0 Å². The van der Waals surface area contributed by atoms with Gasteiger partial charge in [0.15, 0.2) is 11.5 Å². The number of carbonyl (C=O) groups excluding carboxylic acids is 1. The zero-order valence-corrected chi connectivity index (χ0v) is 11.8. The molecule has 1 aromatic rings. The Kier molecular flexibility index (Phi) is 3.98. The lowest BCUT2D eigenvalue weighted by Gasteiger charge is -2.18. The molecule has 104 valence electrons. The Bertz CT molecular complexity index is 463. The topological polar surface area (TPSA) is 47.6 Å². The summed E-state index contributed by atoms with van der Waals surface area (Å²) in [5.41, 5.74) is 0.646. The van der Waals surface area contributed by atoms with Crippen LogP contribution in [0.5, 0.6) is 11.5 Å². The summed E-state index contributed by atoms with van der Waals surface area (Å²) in [5, 5.41) is 2.93. The molecule has 1 heterocycles. The third-order valence-electron chi connectivity index (χ3n) is 2.95. The highest BCUT2D eigenvalue weighted by Gasteiger charge is 2.20. The van der Waals surface area contributed by atoms with Crippen LogP contribution < -0.4 is 14.8 Å². The van der Waals surface area contributed by atoms with Gasteiger partial charge in [0.25, 0.3) is 0 Å². The Hall–Kier alpha value is -1.71. The number of benzene rings is 1. The quantitative estimate of drug-likeness (QED) is 0.892. The lowest BCUT2D eigenvalue weighted by atomic mass is 9.95. The third-order valence-corrected chi connectivity index (χ3v) is 2.95. The van der Waals surface area contributed by atoms with Crippen molar-refractivity contribution in [2.45, 2.75) is 33.7 Å². The van der Waals surface area contributed by atoms with Gasteiger partial charge < -0.3 is 14.8 Å². The smallest absolute Gasteiger partial charge is 0.225 e. The summed E-state index contributed by atoms with van der Waals surface area (Å²) in [6, 6.07) is 5.79. The molecule has 0 fully saturated rings. The number of hydrogen-bond acceptors (Lipinski definition) is 3. The van der Waals surface area contributed by atoms with Gasteiger partial charge in [-0.3, -0.25) is 4.79 Å². The fourth-order valence-electron chi connectivity index (χ4n) is 1.77. The van der Waals surface area contributed by atoms with E-state index in [4.69, 9.17) is 9.47 Å². The van der Waals surface area contributed by atoms with Crippen molar-refractivity contribution in [2.75, 3.05) is 13.2 Å². The van der Waals surface area contributed by atoms with Crippen LogP contribution in [0.3, 0.4) is 0 Å². The SMILES string of the molecule is CC(C)(C)C(=O)NCc1ccc2c(c1)OCCCO2. The Morgan fingerprint density at radius 1 is 1.21 bits per heavy atom. The standard InChI is InChI=1S/C15H21NO3/c1-15(2,3)14(17)16-10-11-5-6-12-13(9-11)19-8-4-7-18-12/h5-6,9H,4,7-8,10H2,1-3H3,(H,16,17). The Morgan fingerprint density at radius 2 is 1.89 bits per heavy atom. The van der Waals surface area contributed by atoms with Crippen LogP contribution in [-0.2, 0) is 11.3 Å². The molecule has 0 spiro atoms. The van der Waals surface area contributed by atoms with Crippen molar-refractivity contribution in [3.8, 4) is 11.5 Å². The molecule has 1 aromatic carbocycles. The summed E-state index contributed by atoms with van der Waals surface area (Å²) in [5.74, 6) is 1.59. The van der Waals surface area contributed by atoms with Gasteiger partial charge in [-0.25, -0.2) is 0 Å². The van der Waals surface area contributed by atoms with E-state index in [1.54, 1.807) is 0 Å². The molecule has 0 bridgehead atoms. The van der Waals surface area contributed by atoms with E-state index in [9.17, 15) is 4.79 Å². The van der Waals surface area contributed by atoms with Gasteiger partial charge >= 0.3 is 0 Å². The summed E-state index contributed by atoms with van der Waals surface area (Å²) in [6.07, 6.45) is 0.894. The van der Waals surface area contributed by atoms with Crippen LogP contribution in [0.15, 0.2) is 18.2 Å². The van der Waals surface area contributed by atoms with E-state index in [0.29, 0.717) is 19.8 Å². The van der Waals surface area contributed by atoms with E-state index in [-0.39, 0.29) is 11.3 Å². The van der Waals surface area contributed by atoms with Gasteiger partial charge in [-0.15, -0.1) is 0 Å². The van der Waals surface area contributed by atoms with Gasteiger partial charge in [-0.05, 0) is 17.7 Å². The van der Waals surface area contributed by atoms with E-state index < -0.39 is 0 Å². The maximum atomic E-state index is 11.8. The summed E-state index contributed by atoms with van der Waals surface area (Å²) in [6.45, 7) is 7.56. The van der Waals surface area contributed by atoms with Crippen LogP contribution in [0.4, 0.5) is 0 Å². The fraction of sp³-hybridized carbons (Fsp3) is 0.533. The summed E-state index contributed by atoms with van der Waals surface area (Å²) < 4.78 is 11.2. The average molecular weight is 263 g/mol. The van der Waals surface area contributed by atoms with Crippen LogP contribution in [-0.4, -0.2) is 19.1 Å². The van der Waals surface area contributed by atoms with Gasteiger partial charge in [0.05, 0.1) is 13.2 Å². The number of hydrogen-bond donors (Lipinski definition) is 1. The maximum Gasteiger partial charge on any atom is 0.225 e. The third kappa shape index (κ3) is 3.63. The number of amides is 1. The van der Waals surface area contributed by atoms with Gasteiger partial charge in [0.1, 0.15) is 0 Å². The normalized spacial score (nSPS) is 14.7. The number of rotatable bonds is 2. The zero-order chi connectivity index (χ0) is 13.9. The van der Waals surface area contributed by atoms with Crippen molar-refractivity contribution in [1.29, 1.82) is 0 Å². The summed E-state index contributed by atoms with van der Waals surface area (Å²) >= 11 is 0. The Morgan fingerprint density at radius 3 is 2.58 bits per heavy atom. The average Bonchev–Trinajstić information content (AvgIpc) is 2.59.